The van der Waals surface area contributed by atoms with Gasteiger partial charge < -0.3 is 14.8 Å². The molecular formula is C13H11Cl2NO3. The van der Waals surface area contributed by atoms with Gasteiger partial charge in [0.1, 0.15) is 0 Å². The van der Waals surface area contributed by atoms with Crippen molar-refractivity contribution < 1.29 is 14.3 Å². The molecule has 6 heteroatoms. The van der Waals surface area contributed by atoms with Crippen LogP contribution in [0.4, 0.5) is 0 Å². The van der Waals surface area contributed by atoms with Crippen molar-refractivity contribution in [2.24, 2.45) is 0 Å². The fourth-order valence-corrected chi connectivity index (χ4v) is 1.79. The summed E-state index contributed by atoms with van der Waals surface area (Å²) in [4.78, 5) is 11.7. The highest BCUT2D eigenvalue weighted by Crippen LogP contribution is 2.16. The van der Waals surface area contributed by atoms with E-state index in [1.165, 1.54) is 12.1 Å². The number of aliphatic hydroxyl groups excluding tert-OH is 1. The van der Waals surface area contributed by atoms with Gasteiger partial charge in [-0.05, 0) is 41.4 Å². The minimum Gasteiger partial charge on any atom is -0.440 e. The van der Waals surface area contributed by atoms with Crippen LogP contribution in [0.1, 0.15) is 22.2 Å². The number of carbonyl (C=O) groups is 1. The second-order valence-electron chi connectivity index (χ2n) is 3.88. The van der Waals surface area contributed by atoms with Gasteiger partial charge in [-0.1, -0.05) is 23.7 Å². The molecule has 0 spiro atoms. The lowest BCUT2D eigenvalue weighted by Gasteiger charge is -2.11. The van der Waals surface area contributed by atoms with Crippen LogP contribution in [0.15, 0.2) is 40.8 Å². The number of benzene rings is 1. The Morgan fingerprint density at radius 1 is 1.21 bits per heavy atom. The van der Waals surface area contributed by atoms with E-state index in [4.69, 9.17) is 27.6 Å². The molecule has 0 bridgehead atoms. The van der Waals surface area contributed by atoms with Crippen molar-refractivity contribution >= 4 is 29.1 Å². The minimum absolute atomic E-state index is 0.0682. The molecule has 2 aromatic rings. The second kappa shape index (κ2) is 6.10. The second-order valence-corrected chi connectivity index (χ2v) is 4.69. The van der Waals surface area contributed by atoms with Gasteiger partial charge in [-0.15, -0.1) is 0 Å². The molecule has 0 aliphatic rings. The summed E-state index contributed by atoms with van der Waals surface area (Å²) in [6.45, 7) is 0.0682. The monoisotopic (exact) mass is 299 g/mol. The molecule has 2 rings (SSSR count). The summed E-state index contributed by atoms with van der Waals surface area (Å²) in [6, 6.07) is 9.69. The average Bonchev–Trinajstić information content (AvgIpc) is 2.83. The summed E-state index contributed by atoms with van der Waals surface area (Å²) in [5.41, 5.74) is 0.669. The lowest BCUT2D eigenvalue weighted by atomic mass is 10.1. The molecule has 0 saturated carbocycles. The Labute approximate surface area is 119 Å². The Morgan fingerprint density at radius 2 is 1.89 bits per heavy atom. The highest BCUT2D eigenvalue weighted by molar-refractivity contribution is 6.30. The molecule has 1 atom stereocenters. The van der Waals surface area contributed by atoms with Crippen LogP contribution in [0.2, 0.25) is 10.2 Å². The molecule has 2 N–H and O–H groups in total. The van der Waals surface area contributed by atoms with Crippen molar-refractivity contribution in [1.29, 1.82) is 0 Å². The molecule has 1 aromatic carbocycles. The first-order valence-corrected chi connectivity index (χ1v) is 6.29. The largest absolute Gasteiger partial charge is 0.440 e. The van der Waals surface area contributed by atoms with Crippen molar-refractivity contribution in [3.05, 3.63) is 58.0 Å². The molecule has 0 saturated heterocycles. The summed E-state index contributed by atoms with van der Waals surface area (Å²) in [7, 11) is 0. The smallest absolute Gasteiger partial charge is 0.287 e. The number of hydrogen-bond acceptors (Lipinski definition) is 3. The van der Waals surface area contributed by atoms with Crippen LogP contribution in [-0.2, 0) is 0 Å². The Balaban J connectivity index is 1.91. The van der Waals surface area contributed by atoms with E-state index in [1.54, 1.807) is 24.3 Å². The number of halogens is 2. The number of furan rings is 1. The topological polar surface area (TPSA) is 62.5 Å². The van der Waals surface area contributed by atoms with E-state index >= 15 is 0 Å². The molecule has 1 amide bonds. The summed E-state index contributed by atoms with van der Waals surface area (Å²) >= 11 is 11.3. The van der Waals surface area contributed by atoms with Gasteiger partial charge in [0.15, 0.2) is 11.0 Å². The summed E-state index contributed by atoms with van der Waals surface area (Å²) in [6.07, 6.45) is -0.813. The number of nitrogens with one attached hydrogen (secondary N) is 1. The number of rotatable bonds is 4. The molecule has 100 valence electrons. The van der Waals surface area contributed by atoms with Gasteiger partial charge in [0.25, 0.3) is 5.91 Å². The minimum atomic E-state index is -0.813. The Bertz CT molecular complexity index is 566. The lowest BCUT2D eigenvalue weighted by Crippen LogP contribution is -2.28. The van der Waals surface area contributed by atoms with E-state index in [2.05, 4.69) is 5.32 Å². The predicted molar refractivity (Wildman–Crippen MR) is 72.5 cm³/mol. The number of amides is 1. The lowest BCUT2D eigenvalue weighted by molar-refractivity contribution is 0.0889. The third kappa shape index (κ3) is 3.73. The standard InChI is InChI=1S/C13H11Cl2NO3/c14-9-3-1-8(2-4-9)10(17)7-16-13(18)11-5-6-12(15)19-11/h1-6,10,17H,7H2,(H,16,18). The summed E-state index contributed by atoms with van der Waals surface area (Å²) in [5.74, 6) is -0.326. The Kier molecular flexibility index (Phi) is 4.47. The van der Waals surface area contributed by atoms with Crippen LogP contribution in [0, 0.1) is 0 Å². The Hall–Kier alpha value is -1.49. The number of hydrogen-bond donors (Lipinski definition) is 2. The molecule has 1 heterocycles. The number of carbonyl (C=O) groups excluding carboxylic acids is 1. The van der Waals surface area contributed by atoms with Crippen LogP contribution in [0.5, 0.6) is 0 Å². The van der Waals surface area contributed by atoms with Gasteiger partial charge in [0.05, 0.1) is 6.10 Å². The molecule has 0 aliphatic carbocycles. The van der Waals surface area contributed by atoms with E-state index in [1.807, 2.05) is 0 Å². The molecule has 1 aromatic heterocycles. The molecule has 1 unspecified atom stereocenters. The summed E-state index contributed by atoms with van der Waals surface area (Å²) < 4.78 is 4.95. The highest BCUT2D eigenvalue weighted by Gasteiger charge is 2.13. The van der Waals surface area contributed by atoms with Gasteiger partial charge in [0.2, 0.25) is 0 Å². The van der Waals surface area contributed by atoms with Gasteiger partial charge in [-0.2, -0.15) is 0 Å². The van der Waals surface area contributed by atoms with Gasteiger partial charge in [-0.3, -0.25) is 4.79 Å². The molecule has 4 nitrogen and oxygen atoms in total. The third-order valence-corrected chi connectivity index (χ3v) is 2.96. The normalized spacial score (nSPS) is 12.2. The molecule has 0 fully saturated rings. The van der Waals surface area contributed by atoms with E-state index in [-0.39, 0.29) is 17.5 Å². The van der Waals surface area contributed by atoms with Gasteiger partial charge >= 0.3 is 0 Å². The average molecular weight is 300 g/mol. The first-order chi connectivity index (χ1) is 9.06. The third-order valence-electron chi connectivity index (χ3n) is 2.51. The maximum absolute atomic E-state index is 11.7. The molecule has 0 aliphatic heterocycles. The fraction of sp³-hybridized carbons (Fsp3) is 0.154. The van der Waals surface area contributed by atoms with Crippen molar-refractivity contribution in [1.82, 2.24) is 5.32 Å². The first kappa shape index (κ1) is 13.9. The van der Waals surface area contributed by atoms with Crippen LogP contribution < -0.4 is 5.32 Å². The molecule has 19 heavy (non-hydrogen) atoms. The van der Waals surface area contributed by atoms with E-state index in [9.17, 15) is 9.90 Å². The van der Waals surface area contributed by atoms with Crippen LogP contribution in [0.3, 0.4) is 0 Å². The van der Waals surface area contributed by atoms with Crippen molar-refractivity contribution in [3.63, 3.8) is 0 Å². The highest BCUT2D eigenvalue weighted by atomic mass is 35.5. The van der Waals surface area contributed by atoms with Crippen LogP contribution in [0.25, 0.3) is 0 Å². The van der Waals surface area contributed by atoms with Crippen LogP contribution in [-0.4, -0.2) is 17.6 Å². The fourth-order valence-electron chi connectivity index (χ4n) is 1.52. The maximum atomic E-state index is 11.7. The van der Waals surface area contributed by atoms with E-state index in [0.717, 1.165) is 0 Å². The molecular weight excluding hydrogens is 289 g/mol. The zero-order chi connectivity index (χ0) is 13.8. The van der Waals surface area contributed by atoms with Crippen LogP contribution >= 0.6 is 23.2 Å². The van der Waals surface area contributed by atoms with E-state index < -0.39 is 12.0 Å². The SMILES string of the molecule is O=C(NCC(O)c1ccc(Cl)cc1)c1ccc(Cl)o1. The Morgan fingerprint density at radius 3 is 2.47 bits per heavy atom. The summed E-state index contributed by atoms with van der Waals surface area (Å²) in [5, 5.41) is 13.2. The van der Waals surface area contributed by atoms with Crippen molar-refractivity contribution in [2.45, 2.75) is 6.10 Å². The van der Waals surface area contributed by atoms with Crippen molar-refractivity contribution in [3.8, 4) is 0 Å². The number of aliphatic hydroxyl groups is 1. The van der Waals surface area contributed by atoms with Gasteiger partial charge in [0, 0.05) is 11.6 Å². The van der Waals surface area contributed by atoms with Gasteiger partial charge in [-0.25, -0.2) is 0 Å². The zero-order valence-corrected chi connectivity index (χ0v) is 11.3. The van der Waals surface area contributed by atoms with Crippen molar-refractivity contribution in [2.75, 3.05) is 6.54 Å². The molecule has 0 radical (unpaired) electrons. The quantitative estimate of drug-likeness (QED) is 0.912. The zero-order valence-electron chi connectivity index (χ0n) is 9.77. The maximum Gasteiger partial charge on any atom is 0.287 e. The van der Waals surface area contributed by atoms with E-state index in [0.29, 0.717) is 10.6 Å². The predicted octanol–water partition coefficient (Wildman–Crippen LogP) is 3.05. The first-order valence-electron chi connectivity index (χ1n) is 5.53.